The summed E-state index contributed by atoms with van der Waals surface area (Å²) in [5, 5.41) is 0.101. The number of hydrogen-bond acceptors (Lipinski definition) is 4. The number of imidazole rings is 1. The molecule has 124 valence electrons. The number of aryl methyl sites for hydroxylation is 2. The van der Waals surface area contributed by atoms with Gasteiger partial charge in [-0.05, 0) is 32.4 Å². The fourth-order valence-electron chi connectivity index (χ4n) is 2.95. The van der Waals surface area contributed by atoms with Crippen LogP contribution in [0.4, 0.5) is 11.4 Å². The van der Waals surface area contributed by atoms with Crippen molar-refractivity contribution in [3.63, 3.8) is 0 Å². The first-order chi connectivity index (χ1) is 10.8. The average molecular weight is 334 g/mol. The molecule has 0 unspecified atom stereocenters. The number of sulfonamides is 1. The van der Waals surface area contributed by atoms with Crippen molar-refractivity contribution >= 4 is 21.4 Å². The van der Waals surface area contributed by atoms with Gasteiger partial charge in [0.25, 0.3) is 10.0 Å². The van der Waals surface area contributed by atoms with Crippen LogP contribution in [0, 0.1) is 6.92 Å². The molecule has 1 atom stereocenters. The minimum absolute atomic E-state index is 0.101. The quantitative estimate of drug-likeness (QED) is 0.844. The highest BCUT2D eigenvalue weighted by Crippen LogP contribution is 2.37. The number of anilines is 2. The first-order valence-corrected chi connectivity index (χ1v) is 9.11. The first-order valence-electron chi connectivity index (χ1n) is 7.67. The fraction of sp³-hybridized carbons (Fsp3) is 0.438. The van der Waals surface area contributed by atoms with Gasteiger partial charge in [-0.15, -0.1) is 0 Å². The summed E-state index contributed by atoms with van der Waals surface area (Å²) in [5.41, 5.74) is 1.64. The smallest absolute Gasteiger partial charge is 0.283 e. The number of benzene rings is 1. The van der Waals surface area contributed by atoms with E-state index in [0.29, 0.717) is 11.5 Å². The molecule has 0 bridgehead atoms. The van der Waals surface area contributed by atoms with E-state index in [0.717, 1.165) is 18.7 Å². The molecule has 2 heterocycles. The van der Waals surface area contributed by atoms with Gasteiger partial charge in [-0.1, -0.05) is 12.1 Å². The Labute approximate surface area is 137 Å². The molecule has 0 amide bonds. The number of fused-ring (bicyclic) bond motifs is 1. The van der Waals surface area contributed by atoms with Crippen molar-refractivity contribution in [3.8, 4) is 0 Å². The Morgan fingerprint density at radius 1 is 1.17 bits per heavy atom. The summed E-state index contributed by atoms with van der Waals surface area (Å²) in [6.07, 6.45) is 2.34. The van der Waals surface area contributed by atoms with E-state index in [9.17, 15) is 8.42 Å². The van der Waals surface area contributed by atoms with Gasteiger partial charge in [-0.2, -0.15) is 8.42 Å². The zero-order valence-electron chi connectivity index (χ0n) is 13.9. The summed E-state index contributed by atoms with van der Waals surface area (Å²) >= 11 is 0. The summed E-state index contributed by atoms with van der Waals surface area (Å²) in [6, 6.07) is 7.49. The molecular formula is C16H22N4O2S. The molecule has 0 N–H and O–H groups in total. The lowest BCUT2D eigenvalue weighted by molar-refractivity contribution is 0.572. The molecule has 0 spiro atoms. The molecule has 0 fully saturated rings. The molecular weight excluding hydrogens is 312 g/mol. The standard InChI is InChI=1S/C16H22N4O2S/c1-12-9-10-18(3)14-7-5-6-8-15(14)20(12)23(21,22)16-11-19(4)13(2)17-16/h5-8,11-12H,9-10H2,1-4H3/t12-/m1/s1. The van der Waals surface area contributed by atoms with Crippen molar-refractivity contribution in [2.75, 3.05) is 22.8 Å². The first kappa shape index (κ1) is 15.9. The topological polar surface area (TPSA) is 58.4 Å². The molecule has 1 aliphatic heterocycles. The van der Waals surface area contributed by atoms with Crippen molar-refractivity contribution in [2.24, 2.45) is 7.05 Å². The second-order valence-corrected chi connectivity index (χ2v) is 7.85. The van der Waals surface area contributed by atoms with Gasteiger partial charge in [0.2, 0.25) is 0 Å². The summed E-state index contributed by atoms with van der Waals surface area (Å²) in [7, 11) is 0.0948. The molecule has 2 aromatic rings. The third-order valence-electron chi connectivity index (χ3n) is 4.42. The van der Waals surface area contributed by atoms with E-state index in [2.05, 4.69) is 9.88 Å². The summed E-state index contributed by atoms with van der Waals surface area (Å²) in [4.78, 5) is 6.34. The molecule has 1 aromatic heterocycles. The van der Waals surface area contributed by atoms with Crippen LogP contribution in [0.2, 0.25) is 0 Å². The van der Waals surface area contributed by atoms with Gasteiger partial charge in [0, 0.05) is 32.9 Å². The Morgan fingerprint density at radius 3 is 2.43 bits per heavy atom. The number of nitrogens with zero attached hydrogens (tertiary/aromatic N) is 4. The van der Waals surface area contributed by atoms with Crippen LogP contribution in [0.3, 0.4) is 0 Å². The Bertz CT molecular complexity index is 809. The van der Waals surface area contributed by atoms with Gasteiger partial charge in [-0.3, -0.25) is 4.31 Å². The molecule has 0 saturated heterocycles. The number of para-hydroxylation sites is 2. The Kier molecular flexibility index (Phi) is 3.83. The van der Waals surface area contributed by atoms with Crippen molar-refractivity contribution < 1.29 is 8.42 Å². The number of rotatable bonds is 2. The average Bonchev–Trinajstić information content (AvgIpc) is 2.79. The Morgan fingerprint density at radius 2 is 1.83 bits per heavy atom. The van der Waals surface area contributed by atoms with Gasteiger partial charge in [0.15, 0.2) is 5.03 Å². The number of hydrogen-bond donors (Lipinski definition) is 0. The van der Waals surface area contributed by atoms with Crippen molar-refractivity contribution in [2.45, 2.75) is 31.3 Å². The summed E-state index contributed by atoms with van der Waals surface area (Å²) in [5.74, 6) is 0.677. The lowest BCUT2D eigenvalue weighted by atomic mass is 10.2. The molecule has 7 heteroatoms. The lowest BCUT2D eigenvalue weighted by Gasteiger charge is -2.28. The molecule has 23 heavy (non-hydrogen) atoms. The SMILES string of the molecule is Cc1nc(S(=O)(=O)N2c3ccccc3N(C)CC[C@H]2C)cn1C. The highest BCUT2D eigenvalue weighted by Gasteiger charge is 2.35. The van der Waals surface area contributed by atoms with E-state index in [1.54, 1.807) is 24.7 Å². The molecule has 6 nitrogen and oxygen atoms in total. The van der Waals surface area contributed by atoms with Gasteiger partial charge in [0.1, 0.15) is 5.82 Å². The summed E-state index contributed by atoms with van der Waals surface area (Å²) in [6.45, 7) is 4.56. The molecule has 3 rings (SSSR count). The maximum atomic E-state index is 13.2. The Hall–Kier alpha value is -2.02. The molecule has 1 aliphatic rings. The van der Waals surface area contributed by atoms with E-state index in [1.807, 2.05) is 38.2 Å². The van der Waals surface area contributed by atoms with E-state index < -0.39 is 10.0 Å². The highest BCUT2D eigenvalue weighted by atomic mass is 32.2. The van der Waals surface area contributed by atoms with Crippen LogP contribution >= 0.6 is 0 Å². The van der Waals surface area contributed by atoms with Crippen LogP contribution in [0.1, 0.15) is 19.2 Å². The van der Waals surface area contributed by atoms with Gasteiger partial charge in [0.05, 0.1) is 11.4 Å². The summed E-state index contributed by atoms with van der Waals surface area (Å²) < 4.78 is 29.7. The van der Waals surface area contributed by atoms with Crippen LogP contribution in [0.5, 0.6) is 0 Å². The fourth-order valence-corrected chi connectivity index (χ4v) is 4.68. The van der Waals surface area contributed by atoms with Crippen LogP contribution in [-0.4, -0.2) is 37.6 Å². The molecule has 0 saturated carbocycles. The lowest BCUT2D eigenvalue weighted by Crippen LogP contribution is -2.38. The molecule has 0 radical (unpaired) electrons. The molecule has 1 aromatic carbocycles. The minimum Gasteiger partial charge on any atom is -0.373 e. The van der Waals surface area contributed by atoms with Crippen LogP contribution in [0.25, 0.3) is 0 Å². The third-order valence-corrected chi connectivity index (χ3v) is 6.22. The van der Waals surface area contributed by atoms with E-state index in [-0.39, 0.29) is 11.1 Å². The third kappa shape index (κ3) is 2.59. The van der Waals surface area contributed by atoms with Crippen molar-refractivity contribution in [1.82, 2.24) is 9.55 Å². The monoisotopic (exact) mass is 334 g/mol. The number of aromatic nitrogens is 2. The predicted octanol–water partition coefficient (Wildman–Crippen LogP) is 2.15. The Balaban J connectivity index is 2.18. The van der Waals surface area contributed by atoms with Crippen LogP contribution in [0.15, 0.2) is 35.5 Å². The van der Waals surface area contributed by atoms with Crippen LogP contribution < -0.4 is 9.21 Å². The van der Waals surface area contributed by atoms with Gasteiger partial charge < -0.3 is 9.47 Å². The maximum absolute atomic E-state index is 13.2. The van der Waals surface area contributed by atoms with Gasteiger partial charge in [-0.25, -0.2) is 4.98 Å². The second-order valence-electron chi connectivity index (χ2n) is 6.09. The maximum Gasteiger partial charge on any atom is 0.283 e. The minimum atomic E-state index is -3.70. The van der Waals surface area contributed by atoms with E-state index in [4.69, 9.17) is 0 Å². The van der Waals surface area contributed by atoms with Crippen LogP contribution in [-0.2, 0) is 17.1 Å². The largest absolute Gasteiger partial charge is 0.373 e. The van der Waals surface area contributed by atoms with E-state index in [1.165, 1.54) is 4.31 Å². The van der Waals surface area contributed by atoms with E-state index >= 15 is 0 Å². The predicted molar refractivity (Wildman–Crippen MR) is 91.4 cm³/mol. The molecule has 0 aliphatic carbocycles. The van der Waals surface area contributed by atoms with Crippen molar-refractivity contribution in [3.05, 3.63) is 36.3 Å². The zero-order chi connectivity index (χ0) is 16.8. The highest BCUT2D eigenvalue weighted by molar-refractivity contribution is 7.92. The normalized spacial score (nSPS) is 18.7. The van der Waals surface area contributed by atoms with Gasteiger partial charge >= 0.3 is 0 Å². The second kappa shape index (κ2) is 5.56. The van der Waals surface area contributed by atoms with Crippen molar-refractivity contribution in [1.29, 1.82) is 0 Å². The zero-order valence-corrected chi connectivity index (χ0v) is 14.7.